The normalized spacial score (nSPS) is 23.1. The molecule has 5 heteroatoms. The van der Waals surface area contributed by atoms with Crippen LogP contribution in [0.3, 0.4) is 0 Å². The van der Waals surface area contributed by atoms with Crippen LogP contribution in [0.4, 0.5) is 0 Å². The Labute approximate surface area is 144 Å². The summed E-state index contributed by atoms with van der Waals surface area (Å²) >= 11 is 0. The zero-order chi connectivity index (χ0) is 16.4. The number of amides is 1. The van der Waals surface area contributed by atoms with Crippen LogP contribution in [0.5, 0.6) is 0 Å². The van der Waals surface area contributed by atoms with Crippen LogP contribution >= 0.6 is 0 Å². The van der Waals surface area contributed by atoms with Gasteiger partial charge in [0, 0.05) is 43.1 Å². The van der Waals surface area contributed by atoms with Crippen molar-refractivity contribution < 1.29 is 4.79 Å². The lowest BCUT2D eigenvalue weighted by molar-refractivity contribution is -0.137. The monoisotopic (exact) mass is 328 g/mol. The van der Waals surface area contributed by atoms with Gasteiger partial charge < -0.3 is 10.2 Å². The molecule has 0 radical (unpaired) electrons. The van der Waals surface area contributed by atoms with Gasteiger partial charge in [-0.1, -0.05) is 19.3 Å². The number of hydrogen-bond donors (Lipinski definition) is 1. The fourth-order valence-electron chi connectivity index (χ4n) is 4.40. The first-order chi connectivity index (χ1) is 11.8. The molecule has 0 spiro atoms. The van der Waals surface area contributed by atoms with Gasteiger partial charge in [0.1, 0.15) is 5.82 Å². The smallest absolute Gasteiger partial charge is 0.225 e. The molecule has 24 heavy (non-hydrogen) atoms. The standard InChI is InChI=1S/C19H28N4O/c24-19(15-4-2-1-3-5-15)23-11-8-17-16(13-23)12-21-18(22-17)14-6-9-20-10-7-14/h12,14-15,20H,1-11,13H2. The van der Waals surface area contributed by atoms with Crippen molar-refractivity contribution >= 4 is 5.91 Å². The predicted molar refractivity (Wildman–Crippen MR) is 92.6 cm³/mol. The lowest BCUT2D eigenvalue weighted by Gasteiger charge is -2.33. The maximum atomic E-state index is 12.8. The third kappa shape index (κ3) is 3.32. The quantitative estimate of drug-likeness (QED) is 0.906. The van der Waals surface area contributed by atoms with Crippen LogP contribution in [0, 0.1) is 5.92 Å². The van der Waals surface area contributed by atoms with E-state index in [0.29, 0.717) is 18.4 Å². The minimum absolute atomic E-state index is 0.259. The van der Waals surface area contributed by atoms with Crippen molar-refractivity contribution in [2.45, 2.75) is 63.8 Å². The van der Waals surface area contributed by atoms with Gasteiger partial charge in [-0.2, -0.15) is 0 Å². The third-order valence-corrected chi connectivity index (χ3v) is 5.92. The molecule has 1 N–H and O–H groups in total. The van der Waals surface area contributed by atoms with Gasteiger partial charge in [-0.3, -0.25) is 4.79 Å². The van der Waals surface area contributed by atoms with Crippen LogP contribution in [0.25, 0.3) is 0 Å². The summed E-state index contributed by atoms with van der Waals surface area (Å²) in [4.78, 5) is 24.3. The third-order valence-electron chi connectivity index (χ3n) is 5.92. The lowest BCUT2D eigenvalue weighted by atomic mass is 9.88. The summed E-state index contributed by atoms with van der Waals surface area (Å²) < 4.78 is 0. The Balaban J connectivity index is 1.44. The van der Waals surface area contributed by atoms with Gasteiger partial charge in [0.15, 0.2) is 0 Å². The zero-order valence-corrected chi connectivity index (χ0v) is 14.5. The molecule has 0 aromatic carbocycles. The number of hydrogen-bond acceptors (Lipinski definition) is 4. The van der Waals surface area contributed by atoms with E-state index in [1.165, 1.54) is 25.0 Å². The molecular weight excluding hydrogens is 300 g/mol. The van der Waals surface area contributed by atoms with E-state index < -0.39 is 0 Å². The highest BCUT2D eigenvalue weighted by molar-refractivity contribution is 5.79. The van der Waals surface area contributed by atoms with E-state index in [9.17, 15) is 4.79 Å². The van der Waals surface area contributed by atoms with Crippen molar-refractivity contribution in [2.75, 3.05) is 19.6 Å². The van der Waals surface area contributed by atoms with Gasteiger partial charge >= 0.3 is 0 Å². The Kier molecular flexibility index (Phi) is 4.79. The second kappa shape index (κ2) is 7.18. The number of aromatic nitrogens is 2. The maximum Gasteiger partial charge on any atom is 0.225 e. The van der Waals surface area contributed by atoms with Gasteiger partial charge in [-0.05, 0) is 38.8 Å². The molecular formula is C19H28N4O. The van der Waals surface area contributed by atoms with E-state index in [1.54, 1.807) is 0 Å². The van der Waals surface area contributed by atoms with E-state index in [0.717, 1.165) is 63.1 Å². The number of rotatable bonds is 2. The maximum absolute atomic E-state index is 12.8. The van der Waals surface area contributed by atoms with Crippen LogP contribution in [0.2, 0.25) is 0 Å². The molecule has 1 aromatic rings. The fourth-order valence-corrected chi connectivity index (χ4v) is 4.40. The number of carbonyl (C=O) groups is 1. The summed E-state index contributed by atoms with van der Waals surface area (Å²) in [6.07, 6.45) is 11.0. The van der Waals surface area contributed by atoms with E-state index in [1.807, 2.05) is 11.1 Å². The Bertz CT molecular complexity index is 591. The summed E-state index contributed by atoms with van der Waals surface area (Å²) in [6, 6.07) is 0. The van der Waals surface area contributed by atoms with E-state index in [-0.39, 0.29) is 5.92 Å². The molecule has 0 atom stereocenters. The molecule has 3 aliphatic rings. The highest BCUT2D eigenvalue weighted by Gasteiger charge is 2.29. The molecule has 0 unspecified atom stereocenters. The summed E-state index contributed by atoms with van der Waals surface area (Å²) in [6.45, 7) is 3.66. The van der Waals surface area contributed by atoms with E-state index in [4.69, 9.17) is 4.98 Å². The molecule has 1 saturated carbocycles. The first kappa shape index (κ1) is 16.0. The van der Waals surface area contributed by atoms with Crippen molar-refractivity contribution in [2.24, 2.45) is 5.92 Å². The second-order valence-electron chi connectivity index (χ2n) is 7.57. The average molecular weight is 328 g/mol. The highest BCUT2D eigenvalue weighted by Crippen LogP contribution is 2.28. The van der Waals surface area contributed by atoms with Crippen LogP contribution < -0.4 is 5.32 Å². The summed E-state index contributed by atoms with van der Waals surface area (Å²) in [7, 11) is 0. The van der Waals surface area contributed by atoms with E-state index in [2.05, 4.69) is 10.3 Å². The Morgan fingerprint density at radius 1 is 1.12 bits per heavy atom. The molecule has 1 aliphatic carbocycles. The topological polar surface area (TPSA) is 58.1 Å². The van der Waals surface area contributed by atoms with Crippen LogP contribution in [0.15, 0.2) is 6.20 Å². The number of nitrogens with zero attached hydrogens (tertiary/aromatic N) is 3. The second-order valence-corrected chi connectivity index (χ2v) is 7.57. The fraction of sp³-hybridized carbons (Fsp3) is 0.737. The Hall–Kier alpha value is -1.49. The summed E-state index contributed by atoms with van der Waals surface area (Å²) in [5, 5.41) is 3.40. The summed E-state index contributed by atoms with van der Waals surface area (Å²) in [5.74, 6) is 2.14. The molecule has 1 saturated heterocycles. The first-order valence-corrected chi connectivity index (χ1v) is 9.65. The van der Waals surface area contributed by atoms with Gasteiger partial charge in [0.05, 0.1) is 5.69 Å². The average Bonchev–Trinajstić information content (AvgIpc) is 2.68. The van der Waals surface area contributed by atoms with Gasteiger partial charge in [0.2, 0.25) is 5.91 Å². The van der Waals surface area contributed by atoms with Crippen molar-refractivity contribution in [1.29, 1.82) is 0 Å². The Morgan fingerprint density at radius 3 is 2.71 bits per heavy atom. The SMILES string of the molecule is O=C(C1CCCCC1)N1CCc2nc(C3CCNCC3)ncc2C1. The number of carbonyl (C=O) groups excluding carboxylic acids is 1. The molecule has 5 nitrogen and oxygen atoms in total. The number of piperidine rings is 1. The van der Waals surface area contributed by atoms with Gasteiger partial charge in [0.25, 0.3) is 0 Å². The van der Waals surface area contributed by atoms with Crippen LogP contribution in [-0.2, 0) is 17.8 Å². The van der Waals surface area contributed by atoms with Crippen molar-refractivity contribution in [3.05, 3.63) is 23.3 Å². The molecule has 0 bridgehead atoms. The minimum atomic E-state index is 0.259. The van der Waals surface area contributed by atoms with Crippen LogP contribution in [0.1, 0.15) is 67.9 Å². The highest BCUT2D eigenvalue weighted by atomic mass is 16.2. The van der Waals surface area contributed by atoms with Gasteiger partial charge in [-0.25, -0.2) is 9.97 Å². The molecule has 130 valence electrons. The molecule has 3 heterocycles. The van der Waals surface area contributed by atoms with E-state index >= 15 is 0 Å². The number of nitrogens with one attached hydrogen (secondary N) is 1. The van der Waals surface area contributed by atoms with Gasteiger partial charge in [-0.15, -0.1) is 0 Å². The summed E-state index contributed by atoms with van der Waals surface area (Å²) in [5.41, 5.74) is 2.33. The van der Waals surface area contributed by atoms with Crippen molar-refractivity contribution in [1.82, 2.24) is 20.2 Å². The minimum Gasteiger partial charge on any atom is -0.338 e. The van der Waals surface area contributed by atoms with Crippen molar-refractivity contribution in [3.63, 3.8) is 0 Å². The zero-order valence-electron chi connectivity index (χ0n) is 14.5. The predicted octanol–water partition coefficient (Wildman–Crippen LogP) is 2.41. The van der Waals surface area contributed by atoms with Crippen molar-refractivity contribution in [3.8, 4) is 0 Å². The largest absolute Gasteiger partial charge is 0.338 e. The molecule has 2 fully saturated rings. The Morgan fingerprint density at radius 2 is 1.92 bits per heavy atom. The first-order valence-electron chi connectivity index (χ1n) is 9.65. The molecule has 1 aromatic heterocycles. The number of fused-ring (bicyclic) bond motifs is 1. The molecule has 4 rings (SSSR count). The lowest BCUT2D eigenvalue weighted by Crippen LogP contribution is -2.40. The van der Waals surface area contributed by atoms with Crippen LogP contribution in [-0.4, -0.2) is 40.4 Å². The molecule has 1 amide bonds. The molecule has 2 aliphatic heterocycles.